The van der Waals surface area contributed by atoms with E-state index in [1.54, 1.807) is 6.33 Å². The zero-order valence-corrected chi connectivity index (χ0v) is 22.5. The summed E-state index contributed by atoms with van der Waals surface area (Å²) in [7, 11) is 0. The lowest BCUT2D eigenvalue weighted by Gasteiger charge is -2.41. The normalized spacial score (nSPS) is 17.1. The molecule has 6 rings (SSSR count). The number of carbonyl (C=O) groups is 1. The highest BCUT2D eigenvalue weighted by Crippen LogP contribution is 2.40. The monoisotopic (exact) mass is 519 g/mol. The smallest absolute Gasteiger partial charge is 0.294 e. The van der Waals surface area contributed by atoms with Gasteiger partial charge in [-0.25, -0.2) is 9.67 Å². The molecule has 1 amide bonds. The number of aromatic nitrogens is 3. The quantitative estimate of drug-likeness (QED) is 0.321. The molecule has 1 aliphatic heterocycles. The number of rotatable bonds is 7. The molecule has 6 heteroatoms. The van der Waals surface area contributed by atoms with Crippen molar-refractivity contribution in [1.82, 2.24) is 25.0 Å². The zero-order valence-electron chi connectivity index (χ0n) is 22.5. The first-order valence-electron chi connectivity index (χ1n) is 14.4. The van der Waals surface area contributed by atoms with E-state index in [9.17, 15) is 4.79 Å². The Hall–Kier alpha value is -3.77. The third-order valence-electron chi connectivity index (χ3n) is 8.51. The van der Waals surface area contributed by atoms with Gasteiger partial charge in [0.05, 0.1) is 0 Å². The van der Waals surface area contributed by atoms with E-state index in [0.29, 0.717) is 0 Å². The molecule has 1 saturated carbocycles. The molecule has 1 aliphatic carbocycles. The fraction of sp³-hybridized carbons (Fsp3) is 0.364. The molecule has 0 radical (unpaired) electrons. The Morgan fingerprint density at radius 3 is 1.72 bits per heavy atom. The topological polar surface area (TPSA) is 63.1 Å². The van der Waals surface area contributed by atoms with Gasteiger partial charge in [-0.15, -0.1) is 5.10 Å². The Labute approximate surface area is 231 Å². The predicted molar refractivity (Wildman–Crippen MR) is 154 cm³/mol. The number of hydrogen-bond acceptors (Lipinski definition) is 4. The number of piperidine rings is 1. The van der Waals surface area contributed by atoms with E-state index < -0.39 is 5.54 Å². The van der Waals surface area contributed by atoms with Gasteiger partial charge in [-0.2, -0.15) is 0 Å². The average Bonchev–Trinajstić information content (AvgIpc) is 3.51. The highest BCUT2D eigenvalue weighted by Gasteiger charge is 2.41. The summed E-state index contributed by atoms with van der Waals surface area (Å²) in [6, 6.07) is 31.7. The third kappa shape index (κ3) is 4.89. The predicted octanol–water partition coefficient (Wildman–Crippen LogP) is 5.65. The maximum atomic E-state index is 14.3. The second-order valence-corrected chi connectivity index (χ2v) is 10.8. The summed E-state index contributed by atoms with van der Waals surface area (Å²) in [4.78, 5) is 21.1. The van der Waals surface area contributed by atoms with Crippen molar-refractivity contribution in [1.29, 1.82) is 0 Å². The van der Waals surface area contributed by atoms with Crippen molar-refractivity contribution in [2.24, 2.45) is 0 Å². The molecule has 0 atom stereocenters. The number of amides is 1. The fourth-order valence-corrected chi connectivity index (χ4v) is 6.65. The maximum absolute atomic E-state index is 14.3. The van der Waals surface area contributed by atoms with Crippen molar-refractivity contribution in [2.75, 3.05) is 13.1 Å². The van der Waals surface area contributed by atoms with Gasteiger partial charge >= 0.3 is 0 Å². The van der Waals surface area contributed by atoms with Gasteiger partial charge < -0.3 is 10.2 Å². The molecule has 6 nitrogen and oxygen atoms in total. The second kappa shape index (κ2) is 11.5. The summed E-state index contributed by atoms with van der Waals surface area (Å²) < 4.78 is 1.90. The minimum absolute atomic E-state index is 0.0318. The fourth-order valence-electron chi connectivity index (χ4n) is 6.65. The molecule has 2 fully saturated rings. The van der Waals surface area contributed by atoms with Crippen LogP contribution in [0.25, 0.3) is 0 Å². The molecule has 0 unspecified atom stereocenters. The number of nitrogens with zero attached hydrogens (tertiary/aromatic N) is 4. The molecular weight excluding hydrogens is 482 g/mol. The Morgan fingerprint density at radius 1 is 0.718 bits per heavy atom. The lowest BCUT2D eigenvalue weighted by atomic mass is 9.77. The van der Waals surface area contributed by atoms with Crippen LogP contribution in [0.1, 0.15) is 72.3 Å². The van der Waals surface area contributed by atoms with Gasteiger partial charge in [-0.1, -0.05) is 110 Å². The van der Waals surface area contributed by atoms with Crippen molar-refractivity contribution < 1.29 is 4.79 Å². The van der Waals surface area contributed by atoms with Gasteiger partial charge in [0, 0.05) is 12.1 Å². The van der Waals surface area contributed by atoms with Crippen molar-refractivity contribution in [3.05, 3.63) is 120 Å². The molecule has 1 saturated heterocycles. The highest BCUT2D eigenvalue weighted by atomic mass is 16.2. The van der Waals surface area contributed by atoms with Crippen LogP contribution in [0.2, 0.25) is 0 Å². The van der Waals surface area contributed by atoms with Gasteiger partial charge in [-0.05, 0) is 55.5 Å². The van der Waals surface area contributed by atoms with Crippen LogP contribution in [0, 0.1) is 0 Å². The van der Waals surface area contributed by atoms with E-state index in [-0.39, 0.29) is 23.8 Å². The Morgan fingerprint density at radius 2 is 1.21 bits per heavy atom. The number of benzene rings is 3. The lowest BCUT2D eigenvalue weighted by Crippen LogP contribution is -2.52. The van der Waals surface area contributed by atoms with Gasteiger partial charge in [0.2, 0.25) is 5.82 Å². The van der Waals surface area contributed by atoms with E-state index in [4.69, 9.17) is 10.1 Å². The zero-order chi connectivity index (χ0) is 26.5. The van der Waals surface area contributed by atoms with Crippen LogP contribution >= 0.6 is 0 Å². The Balaban J connectivity index is 1.47. The lowest BCUT2D eigenvalue weighted by molar-refractivity contribution is 0.0447. The average molecular weight is 520 g/mol. The minimum Gasteiger partial charge on any atom is -0.330 e. The molecule has 39 heavy (non-hydrogen) atoms. The molecule has 3 aromatic carbocycles. The summed E-state index contributed by atoms with van der Waals surface area (Å²) in [5, 5.41) is 8.48. The molecule has 200 valence electrons. The Kier molecular flexibility index (Phi) is 7.55. The summed E-state index contributed by atoms with van der Waals surface area (Å²) in [5.41, 5.74) is 2.41. The Bertz CT molecular complexity index is 1230. The van der Waals surface area contributed by atoms with E-state index in [2.05, 4.69) is 83.0 Å². The van der Waals surface area contributed by atoms with E-state index in [0.717, 1.165) is 55.5 Å². The number of nitrogens with one attached hydrogen (secondary N) is 1. The van der Waals surface area contributed by atoms with Crippen molar-refractivity contribution in [3.63, 3.8) is 0 Å². The van der Waals surface area contributed by atoms with Crippen LogP contribution in [0.5, 0.6) is 0 Å². The van der Waals surface area contributed by atoms with Gasteiger partial charge in [0.1, 0.15) is 11.9 Å². The van der Waals surface area contributed by atoms with E-state index >= 15 is 0 Å². The second-order valence-electron chi connectivity index (χ2n) is 10.8. The SMILES string of the molecule is O=C(c1ncn(C(c2ccccc2)(c2ccccc2)c2ccccc2)n1)N(C1CCCCC1)C1CCNCC1. The molecule has 2 heterocycles. The molecule has 1 N–H and O–H groups in total. The molecule has 0 bridgehead atoms. The molecule has 4 aromatic rings. The van der Waals surface area contributed by atoms with Crippen molar-refractivity contribution in [3.8, 4) is 0 Å². The molecule has 0 spiro atoms. The number of carbonyl (C=O) groups excluding carboxylic acids is 1. The first kappa shape index (κ1) is 25.5. The number of hydrogen-bond donors (Lipinski definition) is 1. The summed E-state index contributed by atoms with van der Waals surface area (Å²) >= 11 is 0. The van der Waals surface area contributed by atoms with Gasteiger partial charge in [0.25, 0.3) is 5.91 Å². The first-order chi connectivity index (χ1) is 19.3. The van der Waals surface area contributed by atoms with Gasteiger partial charge in [0.15, 0.2) is 0 Å². The van der Waals surface area contributed by atoms with Gasteiger partial charge in [-0.3, -0.25) is 4.79 Å². The van der Waals surface area contributed by atoms with E-state index in [1.807, 2.05) is 22.9 Å². The summed E-state index contributed by atoms with van der Waals surface area (Å²) in [6.07, 6.45) is 9.46. The van der Waals surface area contributed by atoms with Crippen LogP contribution in [0.15, 0.2) is 97.3 Å². The maximum Gasteiger partial charge on any atom is 0.294 e. The highest BCUT2D eigenvalue weighted by molar-refractivity contribution is 5.91. The molecule has 2 aliphatic rings. The van der Waals surface area contributed by atoms with Crippen LogP contribution < -0.4 is 5.32 Å². The largest absolute Gasteiger partial charge is 0.330 e. The minimum atomic E-state index is -0.778. The van der Waals surface area contributed by atoms with Crippen molar-refractivity contribution in [2.45, 2.75) is 62.6 Å². The van der Waals surface area contributed by atoms with Crippen LogP contribution in [0.3, 0.4) is 0 Å². The van der Waals surface area contributed by atoms with Crippen molar-refractivity contribution >= 4 is 5.91 Å². The third-order valence-corrected chi connectivity index (χ3v) is 8.51. The van der Waals surface area contributed by atoms with Crippen LogP contribution in [-0.2, 0) is 5.54 Å². The molecule has 1 aromatic heterocycles. The van der Waals surface area contributed by atoms with Crippen LogP contribution in [-0.4, -0.2) is 50.7 Å². The standard InChI is InChI=1S/C33H37N5O/c39-32(38(29-19-11-4-12-20-29)30-21-23-34-24-22-30)31-35-25-37(36-31)33(26-13-5-1-6-14-26,27-15-7-2-8-16-27)28-17-9-3-10-18-28/h1-3,5-10,13-18,25,29-30,34H,4,11-12,19-24H2. The summed E-state index contributed by atoms with van der Waals surface area (Å²) in [6.45, 7) is 1.89. The van der Waals surface area contributed by atoms with E-state index in [1.165, 1.54) is 19.3 Å². The molecular formula is C33H37N5O. The first-order valence-corrected chi connectivity index (χ1v) is 14.4. The summed E-state index contributed by atoms with van der Waals surface area (Å²) in [5.74, 6) is 0.252. The van der Waals surface area contributed by atoms with Crippen LogP contribution in [0.4, 0.5) is 0 Å².